The van der Waals surface area contributed by atoms with Crippen molar-refractivity contribution in [3.63, 3.8) is 0 Å². The molecule has 0 spiro atoms. The molecule has 0 fully saturated rings. The molecule has 0 bridgehead atoms. The second-order valence-electron chi connectivity index (χ2n) is 4.08. The Bertz CT molecular complexity index is 604. The molecule has 0 aromatic heterocycles. The van der Waals surface area contributed by atoms with Gasteiger partial charge in [-0.2, -0.15) is 0 Å². The highest BCUT2D eigenvalue weighted by Crippen LogP contribution is 2.24. The minimum absolute atomic E-state index is 0.105. The standard InChI is InChI=1S/C15H15ClN2OS/c1-20-14-9-5-4-8-13(14)18-15(19)10-17-12-7-3-2-6-11(12)16/h2-9,17H,10H2,1H3,(H,18,19). The van der Waals surface area contributed by atoms with E-state index in [4.69, 9.17) is 11.6 Å². The van der Waals surface area contributed by atoms with Gasteiger partial charge in [-0.25, -0.2) is 0 Å². The molecule has 2 aromatic rings. The molecule has 5 heteroatoms. The zero-order valence-corrected chi connectivity index (χ0v) is 12.6. The van der Waals surface area contributed by atoms with Crippen molar-refractivity contribution in [1.29, 1.82) is 0 Å². The molecule has 1 amide bonds. The fraction of sp³-hybridized carbons (Fsp3) is 0.133. The van der Waals surface area contributed by atoms with Crippen LogP contribution in [0, 0.1) is 0 Å². The van der Waals surface area contributed by atoms with Gasteiger partial charge in [0, 0.05) is 4.90 Å². The minimum Gasteiger partial charge on any atom is -0.375 e. The molecule has 2 aromatic carbocycles. The van der Waals surface area contributed by atoms with Crippen LogP contribution >= 0.6 is 23.4 Å². The zero-order valence-electron chi connectivity index (χ0n) is 11.0. The average Bonchev–Trinajstić information content (AvgIpc) is 2.47. The van der Waals surface area contributed by atoms with E-state index in [1.807, 2.05) is 48.7 Å². The summed E-state index contributed by atoms with van der Waals surface area (Å²) in [6.07, 6.45) is 1.98. The first kappa shape index (κ1) is 14.8. The van der Waals surface area contributed by atoms with E-state index in [-0.39, 0.29) is 12.5 Å². The van der Waals surface area contributed by atoms with Gasteiger partial charge in [0.05, 0.1) is 22.9 Å². The Balaban J connectivity index is 1.95. The highest BCUT2D eigenvalue weighted by molar-refractivity contribution is 7.98. The number of halogens is 1. The summed E-state index contributed by atoms with van der Waals surface area (Å²) in [5, 5.41) is 6.51. The summed E-state index contributed by atoms with van der Waals surface area (Å²) >= 11 is 7.62. The lowest BCUT2D eigenvalue weighted by atomic mass is 10.3. The third-order valence-electron chi connectivity index (χ3n) is 2.69. The number of carbonyl (C=O) groups excluding carboxylic acids is 1. The maximum absolute atomic E-state index is 11.9. The molecule has 2 rings (SSSR count). The highest BCUT2D eigenvalue weighted by Gasteiger charge is 2.06. The first-order valence-corrected chi connectivity index (χ1v) is 7.72. The lowest BCUT2D eigenvalue weighted by Gasteiger charge is -2.11. The monoisotopic (exact) mass is 306 g/mol. The smallest absolute Gasteiger partial charge is 0.243 e. The quantitative estimate of drug-likeness (QED) is 0.817. The predicted molar refractivity (Wildman–Crippen MR) is 86.8 cm³/mol. The van der Waals surface area contributed by atoms with Crippen molar-refractivity contribution >= 4 is 40.6 Å². The average molecular weight is 307 g/mol. The number of benzene rings is 2. The van der Waals surface area contributed by atoms with Gasteiger partial charge in [0.25, 0.3) is 0 Å². The van der Waals surface area contributed by atoms with E-state index in [2.05, 4.69) is 10.6 Å². The summed E-state index contributed by atoms with van der Waals surface area (Å²) in [4.78, 5) is 13.0. The Kier molecular flexibility index (Phi) is 5.32. The van der Waals surface area contributed by atoms with Gasteiger partial charge in [-0.3, -0.25) is 4.79 Å². The molecule has 3 nitrogen and oxygen atoms in total. The maximum Gasteiger partial charge on any atom is 0.243 e. The van der Waals surface area contributed by atoms with E-state index < -0.39 is 0 Å². The Hall–Kier alpha value is -1.65. The third kappa shape index (κ3) is 3.92. The Morgan fingerprint density at radius 1 is 1.10 bits per heavy atom. The molecule has 0 atom stereocenters. The SMILES string of the molecule is CSc1ccccc1NC(=O)CNc1ccccc1Cl. The largest absolute Gasteiger partial charge is 0.375 e. The molecule has 0 heterocycles. The van der Waals surface area contributed by atoms with Gasteiger partial charge in [0.2, 0.25) is 5.91 Å². The van der Waals surface area contributed by atoms with E-state index >= 15 is 0 Å². The van der Waals surface area contributed by atoms with Crippen LogP contribution in [0.5, 0.6) is 0 Å². The van der Waals surface area contributed by atoms with Crippen molar-refractivity contribution in [2.75, 3.05) is 23.4 Å². The van der Waals surface area contributed by atoms with Crippen LogP contribution < -0.4 is 10.6 Å². The summed E-state index contributed by atoms with van der Waals surface area (Å²) in [5.74, 6) is -0.105. The van der Waals surface area contributed by atoms with Crippen molar-refractivity contribution in [3.05, 3.63) is 53.6 Å². The summed E-state index contributed by atoms with van der Waals surface area (Å²) in [6, 6.07) is 15.1. The molecule has 0 aliphatic heterocycles. The molecule has 104 valence electrons. The van der Waals surface area contributed by atoms with Crippen molar-refractivity contribution in [2.24, 2.45) is 0 Å². The number of amides is 1. The Morgan fingerprint density at radius 2 is 1.75 bits per heavy atom. The number of nitrogens with one attached hydrogen (secondary N) is 2. The van der Waals surface area contributed by atoms with Crippen molar-refractivity contribution in [2.45, 2.75) is 4.90 Å². The fourth-order valence-electron chi connectivity index (χ4n) is 1.72. The molecule has 0 aliphatic rings. The molecule has 20 heavy (non-hydrogen) atoms. The Labute approximate surface area is 127 Å². The van der Waals surface area contributed by atoms with Gasteiger partial charge in [0.1, 0.15) is 0 Å². The number of rotatable bonds is 5. The normalized spacial score (nSPS) is 10.1. The number of para-hydroxylation sites is 2. The molecule has 0 unspecified atom stereocenters. The number of hydrogen-bond acceptors (Lipinski definition) is 3. The Morgan fingerprint density at radius 3 is 2.45 bits per heavy atom. The van der Waals surface area contributed by atoms with Gasteiger partial charge in [0.15, 0.2) is 0 Å². The minimum atomic E-state index is -0.105. The molecule has 0 saturated heterocycles. The van der Waals surface area contributed by atoms with Crippen molar-refractivity contribution < 1.29 is 4.79 Å². The van der Waals surface area contributed by atoms with E-state index in [9.17, 15) is 4.79 Å². The zero-order chi connectivity index (χ0) is 14.4. The summed E-state index contributed by atoms with van der Waals surface area (Å²) in [6.45, 7) is 0.173. The van der Waals surface area contributed by atoms with Gasteiger partial charge >= 0.3 is 0 Å². The van der Waals surface area contributed by atoms with Crippen molar-refractivity contribution in [3.8, 4) is 0 Å². The summed E-state index contributed by atoms with van der Waals surface area (Å²) in [5.41, 5.74) is 1.58. The summed E-state index contributed by atoms with van der Waals surface area (Å²) < 4.78 is 0. The maximum atomic E-state index is 11.9. The van der Waals surface area contributed by atoms with E-state index in [0.29, 0.717) is 5.02 Å². The van der Waals surface area contributed by atoms with Crippen LogP contribution in [0.2, 0.25) is 5.02 Å². The number of thioether (sulfide) groups is 1. The van der Waals surface area contributed by atoms with Gasteiger partial charge in [-0.05, 0) is 30.5 Å². The van der Waals surface area contributed by atoms with E-state index in [1.165, 1.54) is 0 Å². The third-order valence-corrected chi connectivity index (χ3v) is 3.82. The number of hydrogen-bond donors (Lipinski definition) is 2. The topological polar surface area (TPSA) is 41.1 Å². The fourth-order valence-corrected chi connectivity index (χ4v) is 2.48. The lowest BCUT2D eigenvalue weighted by molar-refractivity contribution is -0.114. The van der Waals surface area contributed by atoms with Gasteiger partial charge in [-0.1, -0.05) is 35.9 Å². The summed E-state index contributed by atoms with van der Waals surface area (Å²) in [7, 11) is 0. The molecular formula is C15H15ClN2OS. The lowest BCUT2D eigenvalue weighted by Crippen LogP contribution is -2.22. The highest BCUT2D eigenvalue weighted by atomic mass is 35.5. The second-order valence-corrected chi connectivity index (χ2v) is 5.34. The van der Waals surface area contributed by atoms with Crippen LogP contribution in [0.1, 0.15) is 0 Å². The van der Waals surface area contributed by atoms with Crippen LogP contribution in [0.15, 0.2) is 53.4 Å². The van der Waals surface area contributed by atoms with Crippen molar-refractivity contribution in [1.82, 2.24) is 0 Å². The van der Waals surface area contributed by atoms with Crippen LogP contribution in [0.3, 0.4) is 0 Å². The van der Waals surface area contributed by atoms with E-state index in [1.54, 1.807) is 17.8 Å². The van der Waals surface area contributed by atoms with Crippen LogP contribution in [0.25, 0.3) is 0 Å². The molecule has 0 radical (unpaired) electrons. The van der Waals surface area contributed by atoms with Gasteiger partial charge in [-0.15, -0.1) is 11.8 Å². The molecule has 2 N–H and O–H groups in total. The van der Waals surface area contributed by atoms with Crippen LogP contribution in [-0.4, -0.2) is 18.7 Å². The molecule has 0 saturated carbocycles. The second kappa shape index (κ2) is 7.22. The number of carbonyl (C=O) groups is 1. The number of anilines is 2. The molecular weight excluding hydrogens is 292 g/mol. The van der Waals surface area contributed by atoms with Gasteiger partial charge < -0.3 is 10.6 Å². The van der Waals surface area contributed by atoms with Crippen LogP contribution in [0.4, 0.5) is 11.4 Å². The predicted octanol–water partition coefficient (Wildman–Crippen LogP) is 4.11. The van der Waals surface area contributed by atoms with Crippen LogP contribution in [-0.2, 0) is 4.79 Å². The first-order valence-electron chi connectivity index (χ1n) is 6.12. The van der Waals surface area contributed by atoms with E-state index in [0.717, 1.165) is 16.3 Å². The first-order chi connectivity index (χ1) is 9.70. The molecule has 0 aliphatic carbocycles.